The number of rotatable bonds is 11. The lowest BCUT2D eigenvalue weighted by molar-refractivity contribution is -0.149. The number of nitrogens with one attached hydrogen (secondary N) is 3. The number of benzene rings is 3. The molecule has 0 heterocycles. The molecule has 0 aliphatic rings. The van der Waals surface area contributed by atoms with E-state index < -0.39 is 36.0 Å². The Kier molecular flexibility index (Phi) is 10.7. The first-order valence-electron chi connectivity index (χ1n) is 13.0. The minimum absolute atomic E-state index is 0.133. The van der Waals surface area contributed by atoms with Crippen molar-refractivity contribution in [3.05, 3.63) is 95.1 Å². The Morgan fingerprint density at radius 2 is 1.29 bits per heavy atom. The molecule has 2 atom stereocenters. The fourth-order valence-corrected chi connectivity index (χ4v) is 3.97. The lowest BCUT2D eigenvalue weighted by atomic mass is 10.0. The Bertz CT molecular complexity index is 1380. The van der Waals surface area contributed by atoms with Crippen LogP contribution in [0.3, 0.4) is 0 Å². The van der Waals surface area contributed by atoms with Gasteiger partial charge in [-0.05, 0) is 54.4 Å². The summed E-state index contributed by atoms with van der Waals surface area (Å²) in [6, 6.07) is 19.4. The molecule has 0 radical (unpaired) electrons. The third-order valence-corrected chi connectivity index (χ3v) is 5.87. The number of amides is 3. The summed E-state index contributed by atoms with van der Waals surface area (Å²) in [6.07, 6.45) is -0.760. The summed E-state index contributed by atoms with van der Waals surface area (Å²) < 4.78 is 10.4. The van der Waals surface area contributed by atoms with Gasteiger partial charge in [-0.2, -0.15) is 0 Å². The molecular formula is C31H33N3O7. The van der Waals surface area contributed by atoms with Crippen LogP contribution in [-0.4, -0.2) is 41.9 Å². The number of anilines is 1. The van der Waals surface area contributed by atoms with E-state index in [1.54, 1.807) is 72.8 Å². The molecule has 3 rings (SSSR count). The lowest BCUT2D eigenvalue weighted by Gasteiger charge is -2.24. The third kappa shape index (κ3) is 10.2. The molecule has 10 nitrogen and oxygen atoms in total. The second kappa shape index (κ2) is 14.4. The lowest BCUT2D eigenvalue weighted by Crippen LogP contribution is -2.52. The highest BCUT2D eigenvalue weighted by molar-refractivity contribution is 5.97. The second-order valence-electron chi connectivity index (χ2n) is 9.52. The Labute approximate surface area is 238 Å². The van der Waals surface area contributed by atoms with E-state index in [-0.39, 0.29) is 18.7 Å². The predicted octanol–water partition coefficient (Wildman–Crippen LogP) is 3.47. The fourth-order valence-electron chi connectivity index (χ4n) is 3.97. The standard InChI is InChI=1S/C31H33N3O7/c1-19-5-11-25(12-6-19)30(38)33-28(17-23-7-13-26(14-8-23)32-20(2)35)31(39)34-29(41-22(4)37)18-24-9-15-27(16-10-24)40-21(3)36/h5-16,28-29H,17-18H2,1-4H3,(H,32,35)(H,33,38)(H,34,39)/t28-,29+/m0/s1. The minimum Gasteiger partial charge on any atom is -0.442 e. The Morgan fingerprint density at radius 3 is 1.85 bits per heavy atom. The van der Waals surface area contributed by atoms with E-state index in [0.717, 1.165) is 11.1 Å². The average molecular weight is 560 g/mol. The highest BCUT2D eigenvalue weighted by Gasteiger charge is 2.26. The van der Waals surface area contributed by atoms with Crippen molar-refractivity contribution in [3.63, 3.8) is 0 Å². The monoisotopic (exact) mass is 559 g/mol. The maximum Gasteiger partial charge on any atom is 0.308 e. The summed E-state index contributed by atoms with van der Waals surface area (Å²) >= 11 is 0. The number of hydrogen-bond donors (Lipinski definition) is 3. The fraction of sp³-hybridized carbons (Fsp3) is 0.258. The summed E-state index contributed by atoms with van der Waals surface area (Å²) in [6.45, 7) is 5.84. The first-order chi connectivity index (χ1) is 19.5. The SMILES string of the molecule is CC(=O)Nc1ccc(C[C@H](NC(=O)c2ccc(C)cc2)C(=O)N[C@@H](Cc2ccc(OC(C)=O)cc2)OC(C)=O)cc1. The molecule has 3 aromatic carbocycles. The van der Waals surface area contributed by atoms with E-state index in [1.165, 1.54) is 20.8 Å². The van der Waals surface area contributed by atoms with Gasteiger partial charge in [-0.15, -0.1) is 0 Å². The average Bonchev–Trinajstić information content (AvgIpc) is 2.90. The van der Waals surface area contributed by atoms with E-state index in [0.29, 0.717) is 22.6 Å². The molecule has 0 fully saturated rings. The molecule has 0 unspecified atom stereocenters. The Morgan fingerprint density at radius 1 is 0.707 bits per heavy atom. The van der Waals surface area contributed by atoms with Crippen LogP contribution in [0.4, 0.5) is 5.69 Å². The van der Waals surface area contributed by atoms with Crippen molar-refractivity contribution in [3.8, 4) is 5.75 Å². The van der Waals surface area contributed by atoms with Gasteiger partial charge in [0.15, 0.2) is 6.23 Å². The maximum atomic E-state index is 13.5. The van der Waals surface area contributed by atoms with Gasteiger partial charge in [-0.25, -0.2) is 0 Å². The van der Waals surface area contributed by atoms with Gasteiger partial charge in [-0.1, -0.05) is 42.0 Å². The van der Waals surface area contributed by atoms with Gasteiger partial charge in [0.1, 0.15) is 11.8 Å². The Hall–Kier alpha value is -4.99. The molecule has 214 valence electrons. The van der Waals surface area contributed by atoms with Crippen LogP contribution in [0.5, 0.6) is 5.75 Å². The largest absolute Gasteiger partial charge is 0.442 e. The van der Waals surface area contributed by atoms with Crippen LogP contribution >= 0.6 is 0 Å². The zero-order chi connectivity index (χ0) is 29.9. The summed E-state index contributed by atoms with van der Waals surface area (Å²) in [5.41, 5.74) is 3.41. The molecule has 0 bridgehead atoms. The van der Waals surface area contributed by atoms with Gasteiger partial charge in [0.25, 0.3) is 5.91 Å². The van der Waals surface area contributed by atoms with E-state index >= 15 is 0 Å². The number of carbonyl (C=O) groups excluding carboxylic acids is 5. The van der Waals surface area contributed by atoms with E-state index in [2.05, 4.69) is 16.0 Å². The summed E-state index contributed by atoms with van der Waals surface area (Å²) in [5, 5.41) is 8.20. The highest BCUT2D eigenvalue weighted by atomic mass is 16.6. The van der Waals surface area contributed by atoms with Gasteiger partial charge in [-0.3, -0.25) is 24.0 Å². The predicted molar refractivity (Wildman–Crippen MR) is 152 cm³/mol. The molecule has 0 aromatic heterocycles. The second-order valence-corrected chi connectivity index (χ2v) is 9.52. The van der Waals surface area contributed by atoms with Crippen molar-refractivity contribution in [2.75, 3.05) is 5.32 Å². The number of carbonyl (C=O) groups is 5. The van der Waals surface area contributed by atoms with Gasteiger partial charge in [0.05, 0.1) is 0 Å². The molecule has 0 saturated heterocycles. The molecule has 0 aliphatic carbocycles. The normalized spacial score (nSPS) is 11.9. The number of hydrogen-bond acceptors (Lipinski definition) is 7. The maximum absolute atomic E-state index is 13.5. The van der Waals surface area contributed by atoms with Crippen LogP contribution in [0.2, 0.25) is 0 Å². The number of esters is 2. The number of ether oxygens (including phenoxy) is 2. The molecule has 41 heavy (non-hydrogen) atoms. The summed E-state index contributed by atoms with van der Waals surface area (Å²) in [5.74, 6) is -1.90. The molecule has 0 aliphatic heterocycles. The van der Waals surface area contributed by atoms with Crippen LogP contribution in [0.1, 0.15) is 47.8 Å². The molecule has 10 heteroatoms. The van der Waals surface area contributed by atoms with Crippen LogP contribution in [0.15, 0.2) is 72.8 Å². The minimum atomic E-state index is -1.03. The highest BCUT2D eigenvalue weighted by Crippen LogP contribution is 2.16. The van der Waals surface area contributed by atoms with Crippen molar-refractivity contribution in [1.29, 1.82) is 0 Å². The van der Waals surface area contributed by atoms with Crippen LogP contribution in [-0.2, 0) is 36.8 Å². The van der Waals surface area contributed by atoms with Gasteiger partial charge < -0.3 is 25.4 Å². The first-order valence-corrected chi connectivity index (χ1v) is 13.0. The van der Waals surface area contributed by atoms with Crippen molar-refractivity contribution < 1.29 is 33.4 Å². The zero-order valence-electron chi connectivity index (χ0n) is 23.4. The molecular weight excluding hydrogens is 526 g/mol. The van der Waals surface area contributed by atoms with Gasteiger partial charge in [0, 0.05) is 44.9 Å². The summed E-state index contributed by atoms with van der Waals surface area (Å²) in [4.78, 5) is 60.9. The van der Waals surface area contributed by atoms with E-state index in [4.69, 9.17) is 9.47 Å². The molecule has 0 spiro atoms. The van der Waals surface area contributed by atoms with Crippen LogP contribution in [0, 0.1) is 6.92 Å². The summed E-state index contributed by atoms with van der Waals surface area (Å²) in [7, 11) is 0. The van der Waals surface area contributed by atoms with Crippen molar-refractivity contribution >= 4 is 35.3 Å². The smallest absolute Gasteiger partial charge is 0.308 e. The molecule has 3 aromatic rings. The molecule has 3 N–H and O–H groups in total. The topological polar surface area (TPSA) is 140 Å². The first kappa shape index (κ1) is 30.6. The van der Waals surface area contributed by atoms with Crippen LogP contribution < -0.4 is 20.7 Å². The molecule has 0 saturated carbocycles. The third-order valence-electron chi connectivity index (χ3n) is 5.87. The zero-order valence-corrected chi connectivity index (χ0v) is 23.4. The van der Waals surface area contributed by atoms with E-state index in [1.807, 2.05) is 6.92 Å². The van der Waals surface area contributed by atoms with Gasteiger partial charge >= 0.3 is 11.9 Å². The van der Waals surface area contributed by atoms with Crippen molar-refractivity contribution in [2.24, 2.45) is 0 Å². The number of aryl methyl sites for hydroxylation is 1. The van der Waals surface area contributed by atoms with Crippen molar-refractivity contribution in [2.45, 2.75) is 52.8 Å². The van der Waals surface area contributed by atoms with Gasteiger partial charge in [0.2, 0.25) is 11.8 Å². The Balaban J connectivity index is 1.80. The van der Waals surface area contributed by atoms with Crippen molar-refractivity contribution in [1.82, 2.24) is 10.6 Å². The quantitative estimate of drug-likeness (QED) is 0.186. The van der Waals surface area contributed by atoms with E-state index in [9.17, 15) is 24.0 Å². The van der Waals surface area contributed by atoms with Crippen LogP contribution in [0.25, 0.3) is 0 Å². The molecule has 3 amide bonds.